The van der Waals surface area contributed by atoms with Gasteiger partial charge in [-0.25, -0.2) is 17.9 Å². The molecule has 4 rings (SSSR count). The van der Waals surface area contributed by atoms with Crippen molar-refractivity contribution in [2.75, 3.05) is 5.32 Å². The smallest absolute Gasteiger partial charge is 0.305 e. The van der Waals surface area contributed by atoms with Crippen LogP contribution in [0.5, 0.6) is 0 Å². The number of fused-ring (bicyclic) bond motifs is 1. The predicted octanol–water partition coefficient (Wildman–Crippen LogP) is 3.93. The van der Waals surface area contributed by atoms with E-state index in [2.05, 4.69) is 20.5 Å². The average Bonchev–Trinajstić information content (AvgIpc) is 3.50. The summed E-state index contributed by atoms with van der Waals surface area (Å²) in [5.74, 6) is 0. The van der Waals surface area contributed by atoms with E-state index in [0.717, 1.165) is 29.7 Å². The lowest BCUT2D eigenvalue weighted by molar-refractivity contribution is -0.166. The number of nitrogens with zero attached hydrogens (tertiary/aromatic N) is 3. The number of hydrogen-bond acceptors (Lipinski definition) is 6. The number of rotatable bonds is 4. The Balaban J connectivity index is 1.56. The van der Waals surface area contributed by atoms with Crippen molar-refractivity contribution in [1.82, 2.24) is 9.71 Å². The van der Waals surface area contributed by atoms with E-state index < -0.39 is 38.4 Å². The fraction of sp³-hybridized carbons (Fsp3) is 0.111. The van der Waals surface area contributed by atoms with Gasteiger partial charge in [-0.1, -0.05) is 30.3 Å². The maximum atomic E-state index is 13.2. The Morgan fingerprint density at radius 1 is 1.00 bits per heavy atom. The Labute approximate surface area is 167 Å². The number of aromatic nitrogens is 1. The van der Waals surface area contributed by atoms with E-state index in [9.17, 15) is 26.4 Å². The van der Waals surface area contributed by atoms with Gasteiger partial charge in [-0.15, -0.1) is 10.2 Å². The van der Waals surface area contributed by atoms with Crippen LogP contribution in [0.25, 0.3) is 10.9 Å². The maximum absolute atomic E-state index is 13.2. The van der Waals surface area contributed by atoms with Crippen molar-refractivity contribution in [3.8, 4) is 0 Å². The quantitative estimate of drug-likeness (QED) is 0.647. The number of benzene rings is 2. The molecule has 0 unspecified atom stereocenters. The number of halogens is 3. The Bertz CT molecular complexity index is 1280. The third-order valence-electron chi connectivity index (χ3n) is 4.35. The maximum Gasteiger partial charge on any atom is 0.442 e. The van der Waals surface area contributed by atoms with E-state index in [1.165, 1.54) is 12.3 Å². The van der Waals surface area contributed by atoms with Crippen LogP contribution in [-0.2, 0) is 15.7 Å². The molecule has 30 heavy (non-hydrogen) atoms. The first-order chi connectivity index (χ1) is 14.1. The van der Waals surface area contributed by atoms with Gasteiger partial charge in [-0.05, 0) is 24.3 Å². The summed E-state index contributed by atoms with van der Waals surface area (Å²) in [5.41, 5.74) is -2.52. The molecular weight excluding hydrogens is 423 g/mol. The number of carbonyl (C=O) groups is 1. The minimum absolute atomic E-state index is 0.265. The van der Waals surface area contributed by atoms with E-state index in [1.807, 2.05) is 0 Å². The highest BCUT2D eigenvalue weighted by molar-refractivity contribution is 7.90. The van der Waals surface area contributed by atoms with Gasteiger partial charge in [0.25, 0.3) is 10.0 Å². The summed E-state index contributed by atoms with van der Waals surface area (Å²) in [6.07, 6.45) is -3.29. The lowest BCUT2D eigenvalue weighted by Crippen LogP contribution is -2.35. The lowest BCUT2D eigenvalue weighted by atomic mass is 10.0. The second-order valence-electron chi connectivity index (χ2n) is 6.34. The van der Waals surface area contributed by atoms with Crippen molar-refractivity contribution in [1.29, 1.82) is 0 Å². The van der Waals surface area contributed by atoms with Gasteiger partial charge in [-0.3, -0.25) is 4.98 Å². The molecule has 0 spiro atoms. The first-order valence-electron chi connectivity index (χ1n) is 8.41. The molecule has 0 radical (unpaired) electrons. The van der Waals surface area contributed by atoms with E-state index in [1.54, 1.807) is 29.0 Å². The van der Waals surface area contributed by atoms with Crippen LogP contribution in [0.15, 0.2) is 75.9 Å². The van der Waals surface area contributed by atoms with Gasteiger partial charge < -0.3 is 5.32 Å². The number of urea groups is 1. The molecule has 12 heteroatoms. The van der Waals surface area contributed by atoms with E-state index >= 15 is 0 Å². The minimum Gasteiger partial charge on any atom is -0.305 e. The first-order valence-corrected chi connectivity index (χ1v) is 9.90. The predicted molar refractivity (Wildman–Crippen MR) is 100 cm³/mol. The molecule has 1 aliphatic heterocycles. The largest absolute Gasteiger partial charge is 0.442 e. The van der Waals surface area contributed by atoms with Gasteiger partial charge in [0.15, 0.2) is 0 Å². The Morgan fingerprint density at radius 3 is 2.40 bits per heavy atom. The minimum atomic E-state index is -4.80. The van der Waals surface area contributed by atoms with Crippen LogP contribution in [0, 0.1) is 0 Å². The van der Waals surface area contributed by atoms with Crippen molar-refractivity contribution >= 4 is 32.6 Å². The average molecular weight is 435 g/mol. The molecule has 0 saturated heterocycles. The third kappa shape index (κ3) is 3.45. The molecule has 2 heterocycles. The molecule has 8 nitrogen and oxygen atoms in total. The van der Waals surface area contributed by atoms with Crippen LogP contribution < -0.4 is 10.0 Å². The summed E-state index contributed by atoms with van der Waals surface area (Å²) in [5, 5.41) is 9.19. The summed E-state index contributed by atoms with van der Waals surface area (Å²) in [4.78, 5) is 15.9. The van der Waals surface area contributed by atoms with Gasteiger partial charge >= 0.3 is 17.9 Å². The molecule has 2 aromatic carbocycles. The number of amides is 2. The summed E-state index contributed by atoms with van der Waals surface area (Å²) in [6.45, 7) is 0. The molecule has 0 bridgehead atoms. The van der Waals surface area contributed by atoms with E-state index in [-0.39, 0.29) is 5.69 Å². The third-order valence-corrected chi connectivity index (χ3v) is 5.68. The topological polar surface area (TPSA) is 113 Å². The summed E-state index contributed by atoms with van der Waals surface area (Å²) in [6, 6.07) is 11.3. The normalized spacial score (nSPS) is 15.0. The van der Waals surface area contributed by atoms with Crippen LogP contribution in [0.1, 0.15) is 5.56 Å². The number of sulfonamides is 1. The highest BCUT2D eigenvalue weighted by atomic mass is 32.2. The second kappa shape index (κ2) is 6.76. The Morgan fingerprint density at radius 2 is 1.70 bits per heavy atom. The van der Waals surface area contributed by atoms with E-state index in [4.69, 9.17) is 0 Å². The van der Waals surface area contributed by atoms with Crippen molar-refractivity contribution in [3.63, 3.8) is 0 Å². The van der Waals surface area contributed by atoms with Gasteiger partial charge in [0.1, 0.15) is 0 Å². The Kier molecular flexibility index (Phi) is 4.45. The van der Waals surface area contributed by atoms with Gasteiger partial charge in [0.2, 0.25) is 0 Å². The Hall–Kier alpha value is -3.54. The number of alkyl halides is 3. The fourth-order valence-corrected chi connectivity index (χ4v) is 3.81. The SMILES string of the molecule is O=C(Nc1cccc2cccnc12)NS(=O)(=O)c1cccc(C2(C(F)(F)F)N=N2)c1. The molecule has 154 valence electrons. The summed E-state index contributed by atoms with van der Waals surface area (Å²) in [7, 11) is -4.47. The molecule has 1 aliphatic rings. The van der Waals surface area contributed by atoms with Crippen molar-refractivity contribution < 1.29 is 26.4 Å². The van der Waals surface area contributed by atoms with Gasteiger partial charge in [-0.2, -0.15) is 13.2 Å². The molecule has 1 aromatic heterocycles. The molecule has 2 amide bonds. The number of carbonyl (C=O) groups excluding carboxylic acids is 1. The number of anilines is 1. The zero-order valence-corrected chi connectivity index (χ0v) is 15.7. The highest BCUT2D eigenvalue weighted by Gasteiger charge is 2.65. The van der Waals surface area contributed by atoms with Crippen LogP contribution in [0.3, 0.4) is 0 Å². The monoisotopic (exact) mass is 435 g/mol. The number of nitrogens with one attached hydrogen (secondary N) is 2. The van der Waals surface area contributed by atoms with Crippen molar-refractivity contribution in [3.05, 3.63) is 66.4 Å². The highest BCUT2D eigenvalue weighted by Crippen LogP contribution is 2.52. The van der Waals surface area contributed by atoms with Gasteiger partial charge in [0, 0.05) is 17.1 Å². The van der Waals surface area contributed by atoms with Crippen molar-refractivity contribution in [2.45, 2.75) is 16.7 Å². The number of hydrogen-bond donors (Lipinski definition) is 2. The standard InChI is InChI=1S/C18H12F3N5O3S/c19-18(20,21)17(25-26-17)12-6-2-7-13(10-12)30(28,29)24-16(27)23-14-8-1-4-11-5-3-9-22-15(11)14/h1-10H,(H2,23,24,27). The van der Waals surface area contributed by atoms with Crippen LogP contribution in [0.2, 0.25) is 0 Å². The molecule has 0 saturated carbocycles. The van der Waals surface area contributed by atoms with Crippen LogP contribution in [0.4, 0.5) is 23.7 Å². The zero-order valence-electron chi connectivity index (χ0n) is 14.9. The molecule has 0 atom stereocenters. The first kappa shape index (κ1) is 19.8. The van der Waals surface area contributed by atoms with E-state index in [0.29, 0.717) is 5.52 Å². The molecule has 3 aromatic rings. The molecular formula is C18H12F3N5O3S. The number of para-hydroxylation sites is 1. The molecule has 0 fully saturated rings. The zero-order chi connectivity index (χ0) is 21.6. The lowest BCUT2D eigenvalue weighted by Gasteiger charge is -2.16. The fourth-order valence-electron chi connectivity index (χ4n) is 2.86. The summed E-state index contributed by atoms with van der Waals surface area (Å²) >= 11 is 0. The molecule has 0 aliphatic carbocycles. The van der Waals surface area contributed by atoms with Crippen LogP contribution >= 0.6 is 0 Å². The number of pyridine rings is 1. The molecule has 2 N–H and O–H groups in total. The van der Waals surface area contributed by atoms with Crippen molar-refractivity contribution in [2.24, 2.45) is 10.2 Å². The second-order valence-corrected chi connectivity index (χ2v) is 8.02. The van der Waals surface area contributed by atoms with Gasteiger partial charge in [0.05, 0.1) is 16.1 Å². The van der Waals surface area contributed by atoms with Crippen LogP contribution in [-0.4, -0.2) is 25.6 Å². The summed E-state index contributed by atoms with van der Waals surface area (Å²) < 4.78 is 66.3.